The van der Waals surface area contributed by atoms with Gasteiger partial charge in [-0.1, -0.05) is 34.1 Å². The van der Waals surface area contributed by atoms with E-state index in [0.29, 0.717) is 0 Å². The minimum Gasteiger partial charge on any atom is -0.358 e. The largest absolute Gasteiger partial charge is 0.358 e. The zero-order valence-electron chi connectivity index (χ0n) is 12.9. The zero-order valence-corrected chi connectivity index (χ0v) is 14.5. The first-order valence-electron chi connectivity index (χ1n) is 7.70. The van der Waals surface area contributed by atoms with Crippen LogP contribution in [0.5, 0.6) is 0 Å². The number of hydrogen-bond acceptors (Lipinski definition) is 0. The van der Waals surface area contributed by atoms with Gasteiger partial charge < -0.3 is 9.55 Å². The SMILES string of the molecule is Cc1[nH]c2ccccc2c1Cc1cc(Br)ccc1-n1cccc1. The molecule has 3 heteroatoms. The quantitative estimate of drug-likeness (QED) is 0.486. The standard InChI is InChI=1S/C20H17BrN2/c1-14-18(17-6-2-3-7-19(17)22-14)13-15-12-16(21)8-9-20(15)23-10-4-5-11-23/h2-12,22H,13H2,1H3. The van der Waals surface area contributed by atoms with Gasteiger partial charge in [0, 0.05) is 45.6 Å². The molecule has 1 N–H and O–H groups in total. The van der Waals surface area contributed by atoms with Crippen LogP contribution >= 0.6 is 15.9 Å². The van der Waals surface area contributed by atoms with E-state index >= 15 is 0 Å². The molecule has 4 rings (SSSR count). The number of para-hydroxylation sites is 1. The summed E-state index contributed by atoms with van der Waals surface area (Å²) in [5.41, 5.74) is 6.35. The number of hydrogen-bond donors (Lipinski definition) is 1. The fraction of sp³-hybridized carbons (Fsp3) is 0.100. The molecule has 0 fully saturated rings. The van der Waals surface area contributed by atoms with Gasteiger partial charge in [0.1, 0.15) is 0 Å². The molecule has 0 atom stereocenters. The molecule has 0 bridgehead atoms. The summed E-state index contributed by atoms with van der Waals surface area (Å²) in [5.74, 6) is 0. The van der Waals surface area contributed by atoms with E-state index < -0.39 is 0 Å². The van der Waals surface area contributed by atoms with E-state index in [1.807, 2.05) is 0 Å². The molecule has 0 saturated carbocycles. The molecule has 0 radical (unpaired) electrons. The minimum atomic E-state index is 0.906. The molecule has 0 aliphatic carbocycles. The second-order valence-electron chi connectivity index (χ2n) is 5.81. The third kappa shape index (κ3) is 2.62. The minimum absolute atomic E-state index is 0.906. The van der Waals surface area contributed by atoms with Crippen molar-refractivity contribution in [1.82, 2.24) is 9.55 Å². The highest BCUT2D eigenvalue weighted by Gasteiger charge is 2.12. The van der Waals surface area contributed by atoms with Crippen molar-refractivity contribution < 1.29 is 0 Å². The van der Waals surface area contributed by atoms with Crippen molar-refractivity contribution in [3.8, 4) is 5.69 Å². The van der Waals surface area contributed by atoms with Crippen molar-refractivity contribution in [2.45, 2.75) is 13.3 Å². The fourth-order valence-corrected chi connectivity index (χ4v) is 3.60. The Labute approximate surface area is 143 Å². The van der Waals surface area contributed by atoms with E-state index in [4.69, 9.17) is 0 Å². The van der Waals surface area contributed by atoms with Crippen molar-refractivity contribution in [3.05, 3.63) is 88.3 Å². The highest BCUT2D eigenvalue weighted by molar-refractivity contribution is 9.10. The summed E-state index contributed by atoms with van der Waals surface area (Å²) in [4.78, 5) is 3.50. The smallest absolute Gasteiger partial charge is 0.0485 e. The number of aromatic nitrogens is 2. The molecule has 0 unspecified atom stereocenters. The number of nitrogens with zero attached hydrogens (tertiary/aromatic N) is 1. The second kappa shape index (κ2) is 5.74. The number of aryl methyl sites for hydroxylation is 1. The van der Waals surface area contributed by atoms with Gasteiger partial charge in [-0.15, -0.1) is 0 Å². The van der Waals surface area contributed by atoms with Crippen molar-refractivity contribution in [1.29, 1.82) is 0 Å². The average Bonchev–Trinajstić information content (AvgIpc) is 3.17. The molecule has 23 heavy (non-hydrogen) atoms. The topological polar surface area (TPSA) is 20.7 Å². The predicted molar refractivity (Wildman–Crippen MR) is 99.3 cm³/mol. The van der Waals surface area contributed by atoms with Gasteiger partial charge in [0.15, 0.2) is 0 Å². The molecule has 0 aliphatic heterocycles. The van der Waals surface area contributed by atoms with Gasteiger partial charge in [0.05, 0.1) is 0 Å². The highest BCUT2D eigenvalue weighted by atomic mass is 79.9. The zero-order chi connectivity index (χ0) is 15.8. The van der Waals surface area contributed by atoms with Crippen LogP contribution in [0.4, 0.5) is 0 Å². The number of benzene rings is 2. The summed E-state index contributed by atoms with van der Waals surface area (Å²) < 4.78 is 3.28. The van der Waals surface area contributed by atoms with Crippen LogP contribution in [0.2, 0.25) is 0 Å². The lowest BCUT2D eigenvalue weighted by molar-refractivity contribution is 1.03. The van der Waals surface area contributed by atoms with E-state index in [0.717, 1.165) is 10.9 Å². The Kier molecular flexibility index (Phi) is 3.58. The van der Waals surface area contributed by atoms with E-state index in [1.165, 1.54) is 33.4 Å². The lowest BCUT2D eigenvalue weighted by Crippen LogP contribution is -1.99. The number of fused-ring (bicyclic) bond motifs is 1. The fourth-order valence-electron chi connectivity index (χ4n) is 3.20. The number of aromatic amines is 1. The molecule has 2 nitrogen and oxygen atoms in total. The summed E-state index contributed by atoms with van der Waals surface area (Å²) in [7, 11) is 0. The van der Waals surface area contributed by atoms with Gasteiger partial charge in [0.25, 0.3) is 0 Å². The first kappa shape index (κ1) is 14.3. The Morgan fingerprint density at radius 2 is 1.78 bits per heavy atom. The Balaban J connectivity index is 1.85. The molecule has 0 spiro atoms. The molecule has 2 aromatic carbocycles. The van der Waals surface area contributed by atoms with Crippen molar-refractivity contribution >= 4 is 26.8 Å². The van der Waals surface area contributed by atoms with Crippen LogP contribution < -0.4 is 0 Å². The normalized spacial score (nSPS) is 11.2. The van der Waals surface area contributed by atoms with Gasteiger partial charge in [0.2, 0.25) is 0 Å². The number of H-pyrrole nitrogens is 1. The molecule has 2 aromatic heterocycles. The summed E-state index contributed by atoms with van der Waals surface area (Å²) in [5, 5.41) is 1.31. The molecule has 4 aromatic rings. The van der Waals surface area contributed by atoms with Crippen LogP contribution in [0.15, 0.2) is 71.5 Å². The third-order valence-corrected chi connectivity index (χ3v) is 4.81. The maximum absolute atomic E-state index is 3.61. The first-order valence-corrected chi connectivity index (χ1v) is 8.49. The Morgan fingerprint density at radius 3 is 2.61 bits per heavy atom. The van der Waals surface area contributed by atoms with E-state index in [1.54, 1.807) is 0 Å². The number of nitrogens with one attached hydrogen (secondary N) is 1. The van der Waals surface area contributed by atoms with Crippen LogP contribution in [0, 0.1) is 6.92 Å². The number of halogens is 1. The molecule has 0 saturated heterocycles. The van der Waals surface area contributed by atoms with E-state index in [2.05, 4.69) is 99.4 Å². The van der Waals surface area contributed by atoms with Gasteiger partial charge >= 0.3 is 0 Å². The lowest BCUT2D eigenvalue weighted by Gasteiger charge is -2.12. The summed E-state index contributed by atoms with van der Waals surface area (Å²) in [6.45, 7) is 2.16. The average molecular weight is 365 g/mol. The highest BCUT2D eigenvalue weighted by Crippen LogP contribution is 2.28. The van der Waals surface area contributed by atoms with Crippen LogP contribution in [0.3, 0.4) is 0 Å². The molecular formula is C20H17BrN2. The van der Waals surface area contributed by atoms with Crippen molar-refractivity contribution in [3.63, 3.8) is 0 Å². The molecular weight excluding hydrogens is 348 g/mol. The second-order valence-corrected chi connectivity index (χ2v) is 6.73. The van der Waals surface area contributed by atoms with Gasteiger partial charge in [-0.3, -0.25) is 0 Å². The van der Waals surface area contributed by atoms with Crippen molar-refractivity contribution in [2.75, 3.05) is 0 Å². The maximum Gasteiger partial charge on any atom is 0.0485 e. The van der Waals surface area contributed by atoms with Crippen LogP contribution in [-0.2, 0) is 6.42 Å². The Bertz CT molecular complexity index is 965. The predicted octanol–water partition coefficient (Wildman–Crippen LogP) is 5.62. The van der Waals surface area contributed by atoms with Gasteiger partial charge in [-0.25, -0.2) is 0 Å². The van der Waals surface area contributed by atoms with Gasteiger partial charge in [-0.2, -0.15) is 0 Å². The maximum atomic E-state index is 3.61. The van der Waals surface area contributed by atoms with Gasteiger partial charge in [-0.05, 0) is 54.4 Å². The lowest BCUT2D eigenvalue weighted by atomic mass is 10.0. The van der Waals surface area contributed by atoms with E-state index in [9.17, 15) is 0 Å². The van der Waals surface area contributed by atoms with E-state index in [-0.39, 0.29) is 0 Å². The van der Waals surface area contributed by atoms with Crippen LogP contribution in [0.25, 0.3) is 16.6 Å². The van der Waals surface area contributed by atoms with Crippen molar-refractivity contribution in [2.24, 2.45) is 0 Å². The Hall–Kier alpha value is -2.26. The molecule has 0 aliphatic rings. The van der Waals surface area contributed by atoms with Crippen LogP contribution in [0.1, 0.15) is 16.8 Å². The molecule has 2 heterocycles. The third-order valence-electron chi connectivity index (χ3n) is 4.32. The molecule has 0 amide bonds. The summed E-state index contributed by atoms with van der Waals surface area (Å²) >= 11 is 3.61. The monoisotopic (exact) mass is 364 g/mol. The van der Waals surface area contributed by atoms with Crippen LogP contribution in [-0.4, -0.2) is 9.55 Å². The summed E-state index contributed by atoms with van der Waals surface area (Å²) in [6.07, 6.45) is 5.09. The molecule has 114 valence electrons. The summed E-state index contributed by atoms with van der Waals surface area (Å²) in [6, 6.07) is 19.1. The Morgan fingerprint density at radius 1 is 1.00 bits per heavy atom. The number of rotatable bonds is 3. The first-order chi connectivity index (χ1) is 11.2.